The van der Waals surface area contributed by atoms with Crippen LogP contribution in [0.2, 0.25) is 5.02 Å². The van der Waals surface area contributed by atoms with Gasteiger partial charge in [-0.2, -0.15) is 4.72 Å². The summed E-state index contributed by atoms with van der Waals surface area (Å²) in [6.07, 6.45) is 0.214. The number of phenols is 1. The van der Waals surface area contributed by atoms with Crippen molar-refractivity contribution in [3.63, 3.8) is 0 Å². The lowest BCUT2D eigenvalue weighted by molar-refractivity contribution is -0.139. The average molecular weight is 503 g/mol. The summed E-state index contributed by atoms with van der Waals surface area (Å²) >= 11 is 5.89. The van der Waals surface area contributed by atoms with Gasteiger partial charge in [0.15, 0.2) is 0 Å². The number of sulfonamides is 1. The maximum absolute atomic E-state index is 12.7. The average Bonchev–Trinajstić information content (AvgIpc) is 2.81. The number of carboxylic acid groups (broad SMARTS) is 1. The highest BCUT2D eigenvalue weighted by Gasteiger charge is 2.25. The second-order valence-corrected chi connectivity index (χ2v) is 9.64. The fourth-order valence-electron chi connectivity index (χ4n) is 3.18. The molecule has 34 heavy (non-hydrogen) atoms. The minimum atomic E-state index is -4.07. The molecule has 0 aliphatic carbocycles. The van der Waals surface area contributed by atoms with Crippen molar-refractivity contribution in [1.82, 2.24) is 10.0 Å². The fraction of sp³-hybridized carbons (Fsp3) is 0.167. The first-order valence-electron chi connectivity index (χ1n) is 10.3. The molecule has 3 aromatic rings. The van der Waals surface area contributed by atoms with Crippen LogP contribution in [-0.4, -0.2) is 43.1 Å². The Morgan fingerprint density at radius 2 is 1.44 bits per heavy atom. The molecule has 0 aliphatic heterocycles. The zero-order valence-corrected chi connectivity index (χ0v) is 19.5. The van der Waals surface area contributed by atoms with Crippen LogP contribution in [0.25, 0.3) is 11.1 Å². The third-order valence-electron chi connectivity index (χ3n) is 5.02. The second-order valence-electron chi connectivity index (χ2n) is 7.49. The highest BCUT2D eigenvalue weighted by Crippen LogP contribution is 2.23. The van der Waals surface area contributed by atoms with Gasteiger partial charge in [-0.05, 0) is 72.5 Å². The van der Waals surface area contributed by atoms with E-state index in [1.165, 1.54) is 36.4 Å². The quantitative estimate of drug-likeness (QED) is 0.313. The first-order valence-corrected chi connectivity index (χ1v) is 12.2. The Morgan fingerprint density at radius 1 is 0.882 bits per heavy atom. The predicted molar refractivity (Wildman–Crippen MR) is 128 cm³/mol. The Kier molecular flexibility index (Phi) is 8.27. The summed E-state index contributed by atoms with van der Waals surface area (Å²) < 4.78 is 27.6. The molecule has 0 aromatic heterocycles. The molecule has 0 unspecified atom stereocenters. The molecule has 0 radical (unpaired) electrons. The minimum absolute atomic E-state index is 0.0206. The number of halogens is 1. The van der Waals surface area contributed by atoms with E-state index in [-0.39, 0.29) is 35.9 Å². The maximum Gasteiger partial charge on any atom is 0.321 e. The van der Waals surface area contributed by atoms with Crippen LogP contribution in [0.4, 0.5) is 0 Å². The van der Waals surface area contributed by atoms with Gasteiger partial charge in [0.2, 0.25) is 10.0 Å². The van der Waals surface area contributed by atoms with Crippen molar-refractivity contribution in [2.24, 2.45) is 0 Å². The molecule has 4 N–H and O–H groups in total. The van der Waals surface area contributed by atoms with Gasteiger partial charge in [-0.3, -0.25) is 9.59 Å². The molecule has 0 saturated carbocycles. The van der Waals surface area contributed by atoms with Crippen LogP contribution in [0.3, 0.4) is 0 Å². The molecule has 0 bridgehead atoms. The van der Waals surface area contributed by atoms with Crippen molar-refractivity contribution in [3.05, 3.63) is 83.4 Å². The van der Waals surface area contributed by atoms with E-state index in [1.807, 2.05) is 12.1 Å². The molecule has 3 aromatic carbocycles. The molecular formula is C24H23ClN2O6S. The van der Waals surface area contributed by atoms with Gasteiger partial charge in [0.05, 0.1) is 4.90 Å². The van der Waals surface area contributed by atoms with E-state index < -0.39 is 22.0 Å². The van der Waals surface area contributed by atoms with Crippen LogP contribution in [0, 0.1) is 0 Å². The van der Waals surface area contributed by atoms with Crippen LogP contribution >= 0.6 is 11.6 Å². The topological polar surface area (TPSA) is 133 Å². The van der Waals surface area contributed by atoms with Crippen molar-refractivity contribution >= 4 is 33.5 Å². The number of benzene rings is 3. The van der Waals surface area contributed by atoms with Gasteiger partial charge in [-0.15, -0.1) is 0 Å². The summed E-state index contributed by atoms with van der Waals surface area (Å²) in [5.41, 5.74) is 1.99. The van der Waals surface area contributed by atoms with E-state index in [0.29, 0.717) is 10.6 Å². The van der Waals surface area contributed by atoms with Crippen molar-refractivity contribution in [2.75, 3.05) is 6.54 Å². The molecule has 0 spiro atoms. The lowest BCUT2D eigenvalue weighted by Crippen LogP contribution is -2.41. The third-order valence-corrected chi connectivity index (χ3v) is 6.76. The molecular weight excluding hydrogens is 480 g/mol. The second kappa shape index (κ2) is 11.1. The SMILES string of the molecule is O=C(NCCC[C@H](NS(=O)(=O)c1ccc(-c2ccc(Cl)cc2)cc1)C(=O)O)c1ccc(O)cc1. The van der Waals surface area contributed by atoms with Crippen molar-refractivity contribution in [2.45, 2.75) is 23.8 Å². The van der Waals surface area contributed by atoms with Gasteiger partial charge in [-0.1, -0.05) is 35.9 Å². The largest absolute Gasteiger partial charge is 0.508 e. The number of carboxylic acids is 1. The van der Waals surface area contributed by atoms with Crippen molar-refractivity contribution in [1.29, 1.82) is 0 Å². The normalized spacial score (nSPS) is 12.1. The molecule has 1 amide bonds. The number of carbonyl (C=O) groups is 2. The molecule has 0 fully saturated rings. The summed E-state index contributed by atoms with van der Waals surface area (Å²) in [5, 5.41) is 22.0. The molecule has 10 heteroatoms. The lowest BCUT2D eigenvalue weighted by Gasteiger charge is -2.15. The Balaban J connectivity index is 1.57. The number of nitrogens with one attached hydrogen (secondary N) is 2. The molecule has 0 saturated heterocycles. The molecule has 178 valence electrons. The number of hydrogen-bond donors (Lipinski definition) is 4. The summed E-state index contributed by atoms with van der Waals surface area (Å²) in [4.78, 5) is 23.6. The number of phenolic OH excluding ortho intramolecular Hbond substituents is 1. The van der Waals surface area contributed by atoms with Gasteiger partial charge < -0.3 is 15.5 Å². The monoisotopic (exact) mass is 502 g/mol. The molecule has 3 rings (SSSR count). The van der Waals surface area contributed by atoms with Gasteiger partial charge in [-0.25, -0.2) is 8.42 Å². The van der Waals surface area contributed by atoms with E-state index in [4.69, 9.17) is 11.6 Å². The summed E-state index contributed by atoms with van der Waals surface area (Å²) in [6.45, 7) is 0.154. The van der Waals surface area contributed by atoms with Crippen LogP contribution < -0.4 is 10.0 Å². The first kappa shape index (κ1) is 25.2. The summed E-state index contributed by atoms with van der Waals surface area (Å²) in [5.74, 6) is -1.66. The number of rotatable bonds is 10. The molecule has 1 atom stereocenters. The highest BCUT2D eigenvalue weighted by atomic mass is 35.5. The number of hydrogen-bond acceptors (Lipinski definition) is 5. The summed E-state index contributed by atoms with van der Waals surface area (Å²) in [6, 6.07) is 17.5. The lowest BCUT2D eigenvalue weighted by atomic mass is 10.1. The first-order chi connectivity index (χ1) is 16.2. The van der Waals surface area contributed by atoms with E-state index in [2.05, 4.69) is 10.0 Å². The van der Waals surface area contributed by atoms with E-state index in [9.17, 15) is 28.2 Å². The van der Waals surface area contributed by atoms with E-state index in [0.717, 1.165) is 11.1 Å². The molecule has 8 nitrogen and oxygen atoms in total. The molecule has 0 aliphatic rings. The zero-order valence-electron chi connectivity index (χ0n) is 17.9. The minimum Gasteiger partial charge on any atom is -0.508 e. The van der Waals surface area contributed by atoms with Crippen molar-refractivity contribution in [3.8, 4) is 16.9 Å². The fourth-order valence-corrected chi connectivity index (χ4v) is 4.53. The highest BCUT2D eigenvalue weighted by molar-refractivity contribution is 7.89. The van der Waals surface area contributed by atoms with Crippen LogP contribution in [0.5, 0.6) is 5.75 Å². The van der Waals surface area contributed by atoms with Crippen molar-refractivity contribution < 1.29 is 28.2 Å². The Bertz CT molecular complexity index is 1240. The van der Waals surface area contributed by atoms with E-state index >= 15 is 0 Å². The van der Waals surface area contributed by atoms with E-state index in [1.54, 1.807) is 24.3 Å². The standard InChI is InChI=1S/C24H23ClN2O6S/c25-19-9-3-16(4-10-19)17-7-13-21(14-8-17)34(32,33)27-22(24(30)31)2-1-15-26-23(29)18-5-11-20(28)12-6-18/h3-14,22,27-28H,1-2,15H2,(H,26,29)(H,30,31)/t22-/m0/s1. The smallest absolute Gasteiger partial charge is 0.321 e. The predicted octanol–water partition coefficient (Wildman–Crippen LogP) is 3.65. The van der Waals surface area contributed by atoms with Crippen LogP contribution in [0.1, 0.15) is 23.2 Å². The summed E-state index contributed by atoms with van der Waals surface area (Å²) in [7, 11) is -4.07. The third kappa shape index (κ3) is 6.80. The number of amides is 1. The number of carbonyl (C=O) groups excluding carboxylic acids is 1. The maximum atomic E-state index is 12.7. The van der Waals surface area contributed by atoms with Gasteiger partial charge in [0.1, 0.15) is 11.8 Å². The zero-order chi connectivity index (χ0) is 24.7. The van der Waals surface area contributed by atoms with Gasteiger partial charge in [0.25, 0.3) is 5.91 Å². The Morgan fingerprint density at radius 3 is 2.00 bits per heavy atom. The Labute approximate surface area is 202 Å². The molecule has 0 heterocycles. The number of aromatic hydroxyl groups is 1. The van der Waals surface area contributed by atoms with Crippen LogP contribution in [0.15, 0.2) is 77.7 Å². The van der Waals surface area contributed by atoms with Gasteiger partial charge >= 0.3 is 5.97 Å². The van der Waals surface area contributed by atoms with Crippen LogP contribution in [-0.2, 0) is 14.8 Å². The number of aliphatic carboxylic acids is 1. The Hall–Kier alpha value is -3.40. The van der Waals surface area contributed by atoms with Gasteiger partial charge in [0, 0.05) is 17.1 Å².